The van der Waals surface area contributed by atoms with Crippen LogP contribution >= 0.6 is 0 Å². The molecule has 0 aliphatic carbocycles. The van der Waals surface area contributed by atoms with E-state index >= 15 is 0 Å². The van der Waals surface area contributed by atoms with Crippen molar-refractivity contribution >= 4 is 16.9 Å². The normalized spacial score (nSPS) is 11.2. The summed E-state index contributed by atoms with van der Waals surface area (Å²) in [7, 11) is 0. The van der Waals surface area contributed by atoms with Crippen LogP contribution in [0.1, 0.15) is 25.5 Å². The quantitative estimate of drug-likeness (QED) is 0.859. The predicted molar refractivity (Wildman–Crippen MR) is 61.5 cm³/mol. The summed E-state index contributed by atoms with van der Waals surface area (Å²) >= 11 is 0. The Morgan fingerprint density at radius 2 is 2.25 bits per heavy atom. The Hall–Kier alpha value is -1.84. The van der Waals surface area contributed by atoms with E-state index in [2.05, 4.69) is 18.9 Å². The number of carboxylic acids is 1. The van der Waals surface area contributed by atoms with Crippen LogP contribution in [-0.2, 0) is 11.2 Å². The molecule has 84 valence electrons. The van der Waals surface area contributed by atoms with Crippen LogP contribution in [0.4, 0.5) is 0 Å². The summed E-state index contributed by atoms with van der Waals surface area (Å²) in [6.45, 7) is 4.12. The maximum atomic E-state index is 10.6. The third kappa shape index (κ3) is 2.05. The zero-order valence-electron chi connectivity index (χ0n) is 9.34. The average Bonchev–Trinajstić information content (AvgIpc) is 2.59. The van der Waals surface area contributed by atoms with E-state index in [-0.39, 0.29) is 6.42 Å². The molecule has 0 amide bonds. The second-order valence-corrected chi connectivity index (χ2v) is 4.17. The van der Waals surface area contributed by atoms with Gasteiger partial charge in [-0.05, 0) is 31.5 Å². The van der Waals surface area contributed by atoms with Gasteiger partial charge in [0.25, 0.3) is 0 Å². The van der Waals surface area contributed by atoms with Gasteiger partial charge in [0.15, 0.2) is 0 Å². The van der Waals surface area contributed by atoms with Gasteiger partial charge in [-0.2, -0.15) is 5.10 Å². The minimum Gasteiger partial charge on any atom is -0.481 e. The molecule has 0 saturated carbocycles. The monoisotopic (exact) mass is 218 g/mol. The van der Waals surface area contributed by atoms with E-state index in [1.54, 1.807) is 0 Å². The summed E-state index contributed by atoms with van der Waals surface area (Å²) in [5.74, 6) is -0.810. The fraction of sp³-hybridized carbons (Fsp3) is 0.333. The van der Waals surface area contributed by atoms with Crippen LogP contribution in [0.25, 0.3) is 10.9 Å². The van der Waals surface area contributed by atoms with Crippen molar-refractivity contribution in [1.29, 1.82) is 0 Å². The van der Waals surface area contributed by atoms with E-state index in [0.717, 1.165) is 16.5 Å². The highest BCUT2D eigenvalue weighted by Crippen LogP contribution is 2.17. The number of hydrogen-bond donors (Lipinski definition) is 1. The molecular weight excluding hydrogens is 204 g/mol. The number of nitrogens with zero attached hydrogens (tertiary/aromatic N) is 2. The van der Waals surface area contributed by atoms with Gasteiger partial charge in [-0.1, -0.05) is 6.07 Å². The topological polar surface area (TPSA) is 55.1 Å². The Labute approximate surface area is 93.5 Å². The van der Waals surface area contributed by atoms with Crippen molar-refractivity contribution < 1.29 is 9.90 Å². The lowest BCUT2D eigenvalue weighted by Crippen LogP contribution is -1.99. The molecule has 0 saturated heterocycles. The lowest BCUT2D eigenvalue weighted by atomic mass is 10.1. The second kappa shape index (κ2) is 3.96. The largest absolute Gasteiger partial charge is 0.481 e. The molecule has 2 rings (SSSR count). The molecule has 0 atom stereocenters. The molecule has 0 fully saturated rings. The Bertz CT molecular complexity index is 529. The standard InChI is InChI=1S/C12H14N2O2/c1-8(2)14-7-10-5-9(6-12(15)16)3-4-11(10)13-14/h3-5,7-8H,6H2,1-2H3,(H,15,16). The fourth-order valence-corrected chi connectivity index (χ4v) is 1.64. The Morgan fingerprint density at radius 1 is 1.50 bits per heavy atom. The summed E-state index contributed by atoms with van der Waals surface area (Å²) in [4.78, 5) is 10.6. The van der Waals surface area contributed by atoms with Gasteiger partial charge < -0.3 is 5.11 Å². The number of carbonyl (C=O) groups is 1. The number of fused-ring (bicyclic) bond motifs is 1. The van der Waals surface area contributed by atoms with Crippen molar-refractivity contribution in [2.24, 2.45) is 0 Å². The number of benzene rings is 1. The van der Waals surface area contributed by atoms with Gasteiger partial charge in [0.05, 0.1) is 11.9 Å². The zero-order chi connectivity index (χ0) is 11.7. The van der Waals surface area contributed by atoms with Gasteiger partial charge >= 0.3 is 5.97 Å². The van der Waals surface area contributed by atoms with Gasteiger partial charge in [-0.25, -0.2) is 0 Å². The predicted octanol–water partition coefficient (Wildman–Crippen LogP) is 2.24. The number of rotatable bonds is 3. The molecule has 0 unspecified atom stereocenters. The molecule has 1 N–H and O–H groups in total. The molecular formula is C12H14N2O2. The van der Waals surface area contributed by atoms with Crippen molar-refractivity contribution in [2.45, 2.75) is 26.3 Å². The minimum atomic E-state index is -0.810. The van der Waals surface area contributed by atoms with E-state index in [0.29, 0.717) is 6.04 Å². The van der Waals surface area contributed by atoms with Crippen molar-refractivity contribution in [1.82, 2.24) is 9.78 Å². The number of carboxylic acid groups (broad SMARTS) is 1. The second-order valence-electron chi connectivity index (χ2n) is 4.17. The van der Waals surface area contributed by atoms with Gasteiger partial charge in [-0.3, -0.25) is 9.48 Å². The maximum absolute atomic E-state index is 10.6. The Kier molecular flexibility index (Phi) is 2.64. The number of aliphatic carboxylic acids is 1. The van der Waals surface area contributed by atoms with Crippen LogP contribution in [0.5, 0.6) is 0 Å². The van der Waals surface area contributed by atoms with Crippen molar-refractivity contribution in [2.75, 3.05) is 0 Å². The van der Waals surface area contributed by atoms with E-state index in [1.807, 2.05) is 29.1 Å². The zero-order valence-corrected chi connectivity index (χ0v) is 9.34. The van der Waals surface area contributed by atoms with Crippen molar-refractivity contribution in [3.05, 3.63) is 30.0 Å². The Balaban J connectivity index is 2.41. The Morgan fingerprint density at radius 3 is 2.88 bits per heavy atom. The minimum absolute atomic E-state index is 0.0583. The first-order valence-corrected chi connectivity index (χ1v) is 5.26. The van der Waals surface area contributed by atoms with Crippen LogP contribution in [0.15, 0.2) is 24.4 Å². The van der Waals surface area contributed by atoms with Gasteiger partial charge in [-0.15, -0.1) is 0 Å². The van der Waals surface area contributed by atoms with E-state index in [4.69, 9.17) is 5.11 Å². The van der Waals surface area contributed by atoms with Crippen LogP contribution < -0.4 is 0 Å². The molecule has 1 aromatic heterocycles. The first-order valence-electron chi connectivity index (χ1n) is 5.26. The third-order valence-electron chi connectivity index (χ3n) is 2.47. The van der Waals surface area contributed by atoms with Gasteiger partial charge in [0.1, 0.15) is 0 Å². The highest BCUT2D eigenvalue weighted by atomic mass is 16.4. The van der Waals surface area contributed by atoms with Crippen LogP contribution in [0.2, 0.25) is 0 Å². The summed E-state index contributed by atoms with van der Waals surface area (Å²) in [6, 6.07) is 5.88. The maximum Gasteiger partial charge on any atom is 0.307 e. The number of hydrogen-bond acceptors (Lipinski definition) is 2. The van der Waals surface area contributed by atoms with Crippen LogP contribution in [0, 0.1) is 0 Å². The molecule has 0 aliphatic rings. The third-order valence-corrected chi connectivity index (χ3v) is 2.47. The lowest BCUT2D eigenvalue weighted by molar-refractivity contribution is -0.136. The molecule has 4 nitrogen and oxygen atoms in total. The molecule has 2 aromatic rings. The van der Waals surface area contributed by atoms with E-state index < -0.39 is 5.97 Å². The highest BCUT2D eigenvalue weighted by molar-refractivity contribution is 5.80. The molecule has 1 aromatic carbocycles. The molecule has 0 radical (unpaired) electrons. The number of aromatic nitrogens is 2. The van der Waals surface area contributed by atoms with Crippen LogP contribution in [0.3, 0.4) is 0 Å². The first kappa shape index (κ1) is 10.7. The van der Waals surface area contributed by atoms with Crippen molar-refractivity contribution in [3.8, 4) is 0 Å². The molecule has 16 heavy (non-hydrogen) atoms. The SMILES string of the molecule is CC(C)n1cc2cc(CC(=O)O)ccc2n1. The van der Waals surface area contributed by atoms with E-state index in [1.165, 1.54) is 0 Å². The summed E-state index contributed by atoms with van der Waals surface area (Å²) < 4.78 is 1.88. The molecule has 0 bridgehead atoms. The van der Waals surface area contributed by atoms with Gasteiger partial charge in [0, 0.05) is 17.6 Å². The van der Waals surface area contributed by atoms with Crippen LogP contribution in [-0.4, -0.2) is 20.9 Å². The van der Waals surface area contributed by atoms with Crippen molar-refractivity contribution in [3.63, 3.8) is 0 Å². The summed E-state index contributed by atoms with van der Waals surface area (Å²) in [6.07, 6.45) is 2.01. The summed E-state index contributed by atoms with van der Waals surface area (Å²) in [5, 5.41) is 14.1. The first-order chi connectivity index (χ1) is 7.56. The van der Waals surface area contributed by atoms with E-state index in [9.17, 15) is 4.79 Å². The highest BCUT2D eigenvalue weighted by Gasteiger charge is 2.06. The molecule has 0 spiro atoms. The van der Waals surface area contributed by atoms with Gasteiger partial charge in [0.2, 0.25) is 0 Å². The average molecular weight is 218 g/mol. The molecule has 4 heteroatoms. The fourth-order valence-electron chi connectivity index (χ4n) is 1.64. The molecule has 0 aliphatic heterocycles. The lowest BCUT2D eigenvalue weighted by Gasteiger charge is -2.02. The molecule has 1 heterocycles. The smallest absolute Gasteiger partial charge is 0.307 e. The summed E-state index contributed by atoms with van der Waals surface area (Å²) in [5.41, 5.74) is 1.71.